The van der Waals surface area contributed by atoms with Crippen LogP contribution in [0.5, 0.6) is 0 Å². The van der Waals surface area contributed by atoms with Crippen molar-refractivity contribution in [1.82, 2.24) is 4.90 Å². The lowest BCUT2D eigenvalue weighted by Gasteiger charge is -2.30. The first-order valence-corrected chi connectivity index (χ1v) is 10.0. The highest BCUT2D eigenvalue weighted by Crippen LogP contribution is 2.29. The van der Waals surface area contributed by atoms with E-state index in [1.54, 1.807) is 0 Å². The summed E-state index contributed by atoms with van der Waals surface area (Å²) in [4.78, 5) is 5.32. The number of para-hydroxylation sites is 2. The van der Waals surface area contributed by atoms with E-state index in [0.717, 1.165) is 35.9 Å². The van der Waals surface area contributed by atoms with Crippen molar-refractivity contribution in [3.63, 3.8) is 0 Å². The van der Waals surface area contributed by atoms with E-state index in [2.05, 4.69) is 20.6 Å². The zero-order valence-electron chi connectivity index (χ0n) is 15.1. The Hall–Kier alpha value is -1.85. The summed E-state index contributed by atoms with van der Waals surface area (Å²) >= 11 is 0. The van der Waals surface area contributed by atoms with Crippen LogP contribution in [0.1, 0.15) is 24.8 Å². The van der Waals surface area contributed by atoms with Crippen molar-refractivity contribution < 1.29 is 4.21 Å². The van der Waals surface area contributed by atoms with Crippen LogP contribution >= 0.6 is 0 Å². The molecule has 0 radical (unpaired) electrons. The number of anilines is 2. The van der Waals surface area contributed by atoms with E-state index in [9.17, 15) is 4.21 Å². The molecule has 1 N–H and O–H groups in total. The van der Waals surface area contributed by atoms with E-state index >= 15 is 0 Å². The molecule has 25 heavy (non-hydrogen) atoms. The minimum absolute atomic E-state index is 0.802. The molecule has 2 aromatic rings. The zero-order valence-corrected chi connectivity index (χ0v) is 15.9. The third-order valence-corrected chi connectivity index (χ3v) is 5.55. The number of rotatable bonds is 6. The number of hydrogen-bond acceptors (Lipinski definition) is 3. The van der Waals surface area contributed by atoms with E-state index in [1.165, 1.54) is 24.8 Å². The van der Waals surface area contributed by atoms with Crippen molar-refractivity contribution in [2.24, 2.45) is 0 Å². The Morgan fingerprint density at radius 3 is 2.36 bits per heavy atom. The molecule has 1 aliphatic rings. The molecule has 0 amide bonds. The average molecular weight is 358 g/mol. The van der Waals surface area contributed by atoms with E-state index in [1.807, 2.05) is 56.6 Å². The fourth-order valence-electron chi connectivity index (χ4n) is 3.21. The van der Waals surface area contributed by atoms with Crippen LogP contribution in [0, 0.1) is 0 Å². The highest BCUT2D eigenvalue weighted by Gasteiger charge is 2.15. The van der Waals surface area contributed by atoms with Gasteiger partial charge < -0.3 is 9.80 Å². The summed E-state index contributed by atoms with van der Waals surface area (Å²) in [6.07, 6.45) is 3.76. The molecule has 1 saturated heterocycles. The normalized spacial score (nSPS) is 16.0. The first-order valence-electron chi connectivity index (χ1n) is 8.89. The predicted molar refractivity (Wildman–Crippen MR) is 106 cm³/mol. The largest absolute Gasteiger partial charge is 0.370 e. The van der Waals surface area contributed by atoms with Crippen molar-refractivity contribution in [3.05, 3.63) is 54.1 Å². The molecule has 1 heterocycles. The van der Waals surface area contributed by atoms with Crippen LogP contribution in [0.4, 0.5) is 11.4 Å². The van der Waals surface area contributed by atoms with Gasteiger partial charge in [-0.05, 0) is 63.2 Å². The Kier molecular flexibility index (Phi) is 6.10. The van der Waals surface area contributed by atoms with Gasteiger partial charge in [-0.2, -0.15) is 0 Å². The topological polar surface area (TPSA) is 35.6 Å². The fraction of sp³-hybridized carbons (Fsp3) is 0.400. The maximum absolute atomic E-state index is 12.8. The van der Waals surface area contributed by atoms with Gasteiger partial charge in [0.25, 0.3) is 0 Å². The minimum Gasteiger partial charge on any atom is -0.370 e. The maximum atomic E-state index is 12.8. The number of hydrogen-bond donors (Lipinski definition) is 1. The standard InChI is InChI=1S/C20H27N3OS/c1-22(2)16-17-10-12-18(13-11-17)25(24)21-19-8-4-5-9-20(19)23-14-6-3-7-15-23/h4-5,8-13,21H,3,6-7,14-16H2,1-2H3. The molecule has 0 spiro atoms. The van der Waals surface area contributed by atoms with Gasteiger partial charge in [0, 0.05) is 19.6 Å². The van der Waals surface area contributed by atoms with E-state index in [4.69, 9.17) is 0 Å². The molecular weight excluding hydrogens is 330 g/mol. The molecule has 1 fully saturated rings. The smallest absolute Gasteiger partial charge is 0.150 e. The lowest BCUT2D eigenvalue weighted by atomic mass is 10.1. The lowest BCUT2D eigenvalue weighted by molar-refractivity contribution is 0.402. The summed E-state index contributed by atoms with van der Waals surface area (Å²) in [5, 5.41) is 0. The van der Waals surface area contributed by atoms with Crippen LogP contribution in [0.15, 0.2) is 53.4 Å². The first-order chi connectivity index (χ1) is 12.1. The Bertz CT molecular complexity index is 709. The van der Waals surface area contributed by atoms with E-state index in [0.29, 0.717) is 0 Å². The highest BCUT2D eigenvalue weighted by molar-refractivity contribution is 7.86. The van der Waals surface area contributed by atoms with Crippen LogP contribution < -0.4 is 9.62 Å². The number of benzene rings is 2. The summed E-state index contributed by atoms with van der Waals surface area (Å²) in [7, 11) is 2.83. The molecule has 2 aromatic carbocycles. The second kappa shape index (κ2) is 8.50. The third kappa shape index (κ3) is 4.83. The molecule has 4 nitrogen and oxygen atoms in total. The Balaban J connectivity index is 1.72. The van der Waals surface area contributed by atoms with E-state index in [-0.39, 0.29) is 0 Å². The summed E-state index contributed by atoms with van der Waals surface area (Å²) < 4.78 is 16.0. The van der Waals surface area contributed by atoms with Crippen LogP contribution in [-0.2, 0) is 17.5 Å². The molecular formula is C20H27N3OS. The number of nitrogens with zero attached hydrogens (tertiary/aromatic N) is 2. The highest BCUT2D eigenvalue weighted by atomic mass is 32.2. The Morgan fingerprint density at radius 1 is 1.00 bits per heavy atom. The van der Waals surface area contributed by atoms with Gasteiger partial charge in [-0.1, -0.05) is 24.3 Å². The van der Waals surface area contributed by atoms with Gasteiger partial charge in [-0.15, -0.1) is 0 Å². The number of nitrogens with one attached hydrogen (secondary N) is 1. The average Bonchev–Trinajstić information content (AvgIpc) is 2.63. The van der Waals surface area contributed by atoms with Crippen LogP contribution in [0.25, 0.3) is 0 Å². The second-order valence-electron chi connectivity index (χ2n) is 6.82. The first kappa shape index (κ1) is 18.0. The lowest BCUT2D eigenvalue weighted by Crippen LogP contribution is -2.30. The Labute approximate surface area is 153 Å². The van der Waals surface area contributed by atoms with Crippen molar-refractivity contribution in [2.45, 2.75) is 30.7 Å². The van der Waals surface area contributed by atoms with E-state index < -0.39 is 11.0 Å². The van der Waals surface area contributed by atoms with Gasteiger partial charge in [0.15, 0.2) is 0 Å². The molecule has 1 aliphatic heterocycles. The van der Waals surface area contributed by atoms with Crippen LogP contribution in [0.2, 0.25) is 0 Å². The maximum Gasteiger partial charge on any atom is 0.150 e. The fourth-order valence-corrected chi connectivity index (χ4v) is 4.09. The quantitative estimate of drug-likeness (QED) is 0.852. The third-order valence-electron chi connectivity index (χ3n) is 4.44. The van der Waals surface area contributed by atoms with Crippen LogP contribution in [-0.4, -0.2) is 36.3 Å². The molecule has 0 aromatic heterocycles. The van der Waals surface area contributed by atoms with Gasteiger partial charge in [-0.3, -0.25) is 4.72 Å². The summed E-state index contributed by atoms with van der Waals surface area (Å²) in [6, 6.07) is 16.2. The SMILES string of the molecule is CN(C)Cc1ccc(S(=O)Nc2ccccc2N2CCCCC2)cc1. The zero-order chi connectivity index (χ0) is 17.6. The van der Waals surface area contributed by atoms with Crippen molar-refractivity contribution >= 4 is 22.4 Å². The minimum atomic E-state index is -1.26. The van der Waals surface area contributed by atoms with Gasteiger partial charge in [-0.25, -0.2) is 4.21 Å². The van der Waals surface area contributed by atoms with Gasteiger partial charge in [0.2, 0.25) is 0 Å². The summed E-state index contributed by atoms with van der Waals surface area (Å²) in [5.74, 6) is 0. The van der Waals surface area contributed by atoms with Gasteiger partial charge in [0.1, 0.15) is 11.0 Å². The molecule has 1 unspecified atom stereocenters. The van der Waals surface area contributed by atoms with Crippen molar-refractivity contribution in [2.75, 3.05) is 36.8 Å². The molecule has 1 atom stereocenters. The molecule has 3 rings (SSSR count). The monoisotopic (exact) mass is 357 g/mol. The van der Waals surface area contributed by atoms with Gasteiger partial charge >= 0.3 is 0 Å². The molecule has 0 saturated carbocycles. The van der Waals surface area contributed by atoms with Crippen LogP contribution in [0.3, 0.4) is 0 Å². The molecule has 134 valence electrons. The predicted octanol–water partition coefficient (Wildman–Crippen LogP) is 3.87. The molecule has 5 heteroatoms. The Morgan fingerprint density at radius 2 is 1.68 bits per heavy atom. The summed E-state index contributed by atoms with van der Waals surface area (Å²) in [5.41, 5.74) is 3.32. The molecule has 0 bridgehead atoms. The second-order valence-corrected chi connectivity index (χ2v) is 8.03. The van der Waals surface area contributed by atoms with Gasteiger partial charge in [0.05, 0.1) is 16.3 Å². The number of piperidine rings is 1. The van der Waals surface area contributed by atoms with Crippen molar-refractivity contribution in [1.29, 1.82) is 0 Å². The summed E-state index contributed by atoms with van der Waals surface area (Å²) in [6.45, 7) is 3.03. The molecule has 0 aliphatic carbocycles. The van der Waals surface area contributed by atoms with Crippen molar-refractivity contribution in [3.8, 4) is 0 Å².